The summed E-state index contributed by atoms with van der Waals surface area (Å²) in [5.41, 5.74) is 2.27. The highest BCUT2D eigenvalue weighted by Gasteiger charge is 2.10. The third-order valence-corrected chi connectivity index (χ3v) is 3.56. The third-order valence-electron chi connectivity index (χ3n) is 2.87. The lowest BCUT2D eigenvalue weighted by Gasteiger charge is -2.09. The second kappa shape index (κ2) is 6.25. The van der Waals surface area contributed by atoms with Crippen molar-refractivity contribution in [1.82, 2.24) is 4.98 Å². The van der Waals surface area contributed by atoms with Crippen LogP contribution in [0.2, 0.25) is 10.2 Å². The second-order valence-electron chi connectivity index (χ2n) is 4.73. The summed E-state index contributed by atoms with van der Waals surface area (Å²) in [6, 6.07) is 9.24. The maximum atomic E-state index is 12.1. The lowest BCUT2D eigenvalue weighted by atomic mass is 10.0. The topological polar surface area (TPSA) is 42.0 Å². The van der Waals surface area contributed by atoms with Gasteiger partial charge in [0.2, 0.25) is 0 Å². The summed E-state index contributed by atoms with van der Waals surface area (Å²) in [5, 5.41) is 3.26. The first-order valence-electron chi connectivity index (χ1n) is 6.19. The van der Waals surface area contributed by atoms with Crippen LogP contribution in [0.1, 0.15) is 35.7 Å². The Labute approximate surface area is 127 Å². The van der Waals surface area contributed by atoms with Crippen molar-refractivity contribution in [3.63, 3.8) is 0 Å². The molecule has 104 valence electrons. The molecule has 1 heterocycles. The highest BCUT2D eigenvalue weighted by atomic mass is 35.5. The maximum Gasteiger partial charge on any atom is 0.257 e. The van der Waals surface area contributed by atoms with E-state index in [0.29, 0.717) is 11.5 Å². The molecule has 1 aromatic heterocycles. The molecule has 0 aliphatic heterocycles. The van der Waals surface area contributed by atoms with Crippen molar-refractivity contribution in [1.29, 1.82) is 0 Å². The van der Waals surface area contributed by atoms with Gasteiger partial charge in [-0.1, -0.05) is 49.2 Å². The van der Waals surface area contributed by atoms with Crippen molar-refractivity contribution < 1.29 is 4.79 Å². The van der Waals surface area contributed by atoms with E-state index in [9.17, 15) is 4.79 Å². The van der Waals surface area contributed by atoms with Gasteiger partial charge in [0.25, 0.3) is 5.91 Å². The Balaban J connectivity index is 2.19. The number of nitrogens with one attached hydrogen (secondary N) is 1. The lowest BCUT2D eigenvalue weighted by Crippen LogP contribution is -2.12. The molecule has 0 spiro atoms. The van der Waals surface area contributed by atoms with Crippen molar-refractivity contribution in [2.45, 2.75) is 19.8 Å². The number of halogens is 2. The van der Waals surface area contributed by atoms with Crippen molar-refractivity contribution >= 4 is 34.8 Å². The molecule has 0 fully saturated rings. The number of aromatic nitrogens is 1. The van der Waals surface area contributed by atoms with Gasteiger partial charge in [0.1, 0.15) is 5.15 Å². The number of anilines is 1. The molecule has 0 bridgehead atoms. The fourth-order valence-corrected chi connectivity index (χ4v) is 1.99. The number of pyridine rings is 1. The lowest BCUT2D eigenvalue weighted by molar-refractivity contribution is 0.102. The van der Waals surface area contributed by atoms with Crippen molar-refractivity contribution in [3.8, 4) is 0 Å². The summed E-state index contributed by atoms with van der Waals surface area (Å²) in [7, 11) is 0. The van der Waals surface area contributed by atoms with Crippen LogP contribution >= 0.6 is 23.2 Å². The molecule has 0 saturated heterocycles. The van der Waals surface area contributed by atoms with Crippen LogP contribution in [-0.2, 0) is 0 Å². The van der Waals surface area contributed by atoms with Gasteiger partial charge in [0, 0.05) is 11.9 Å². The molecule has 3 nitrogen and oxygen atoms in total. The van der Waals surface area contributed by atoms with Crippen molar-refractivity contribution in [2.24, 2.45) is 0 Å². The van der Waals surface area contributed by atoms with Gasteiger partial charge >= 0.3 is 0 Å². The zero-order valence-corrected chi connectivity index (χ0v) is 12.7. The quantitative estimate of drug-likeness (QED) is 0.830. The molecule has 2 rings (SSSR count). The molecular formula is C15H14Cl2N2O. The van der Waals surface area contributed by atoms with E-state index < -0.39 is 0 Å². The third kappa shape index (κ3) is 3.50. The van der Waals surface area contributed by atoms with Crippen molar-refractivity contribution in [3.05, 3.63) is 57.8 Å². The van der Waals surface area contributed by atoms with E-state index in [-0.39, 0.29) is 16.1 Å². The molecule has 0 saturated carbocycles. The first kappa shape index (κ1) is 14.8. The molecule has 0 radical (unpaired) electrons. The van der Waals surface area contributed by atoms with Gasteiger partial charge in [-0.2, -0.15) is 0 Å². The SMILES string of the molecule is CC(C)c1cccc(NC(=O)c2cnc(Cl)c(Cl)c2)c1. The Morgan fingerprint density at radius 2 is 2.00 bits per heavy atom. The molecule has 2 aromatic rings. The molecule has 0 aliphatic carbocycles. The van der Waals surface area contributed by atoms with Crippen LogP contribution < -0.4 is 5.32 Å². The normalized spacial score (nSPS) is 10.7. The summed E-state index contributed by atoms with van der Waals surface area (Å²) in [6.45, 7) is 4.20. The van der Waals surface area contributed by atoms with Gasteiger partial charge < -0.3 is 5.32 Å². The minimum absolute atomic E-state index is 0.185. The van der Waals surface area contributed by atoms with Gasteiger partial charge in [0.15, 0.2) is 0 Å². The number of carbonyl (C=O) groups is 1. The van der Waals surface area contributed by atoms with E-state index in [1.54, 1.807) is 0 Å². The molecule has 5 heteroatoms. The van der Waals surface area contributed by atoms with Gasteiger partial charge in [-0.15, -0.1) is 0 Å². The van der Waals surface area contributed by atoms with Crippen LogP contribution in [0.5, 0.6) is 0 Å². The summed E-state index contributed by atoms with van der Waals surface area (Å²) in [6.07, 6.45) is 1.40. The largest absolute Gasteiger partial charge is 0.322 e. The maximum absolute atomic E-state index is 12.1. The first-order chi connectivity index (χ1) is 9.47. The molecule has 0 unspecified atom stereocenters. The van der Waals surface area contributed by atoms with Crippen molar-refractivity contribution in [2.75, 3.05) is 5.32 Å². The second-order valence-corrected chi connectivity index (χ2v) is 5.50. The predicted octanol–water partition coefficient (Wildman–Crippen LogP) is 4.76. The zero-order chi connectivity index (χ0) is 14.7. The first-order valence-corrected chi connectivity index (χ1v) is 6.95. The minimum Gasteiger partial charge on any atom is -0.322 e. The number of amides is 1. The summed E-state index contributed by atoms with van der Waals surface area (Å²) in [4.78, 5) is 16.0. The number of hydrogen-bond donors (Lipinski definition) is 1. The van der Waals surface area contributed by atoms with Gasteiger partial charge in [0.05, 0.1) is 10.6 Å². The van der Waals surface area contributed by atoms with Crippen LogP contribution in [0.3, 0.4) is 0 Å². The van der Waals surface area contributed by atoms with Gasteiger partial charge in [-0.05, 0) is 29.7 Å². The molecule has 1 N–H and O–H groups in total. The smallest absolute Gasteiger partial charge is 0.257 e. The Bertz CT molecular complexity index is 642. The Morgan fingerprint density at radius 1 is 1.25 bits per heavy atom. The Kier molecular flexibility index (Phi) is 4.63. The standard InChI is InChI=1S/C15H14Cl2N2O/c1-9(2)10-4-3-5-12(6-10)19-15(20)11-7-13(16)14(17)18-8-11/h3-9H,1-2H3,(H,19,20). The van der Waals surface area contributed by atoms with Crippen LogP contribution in [0.4, 0.5) is 5.69 Å². The minimum atomic E-state index is -0.267. The van der Waals surface area contributed by atoms with Crippen LogP contribution in [-0.4, -0.2) is 10.9 Å². The van der Waals surface area contributed by atoms with E-state index in [0.717, 1.165) is 11.3 Å². The Hall–Kier alpha value is -1.58. The predicted molar refractivity (Wildman–Crippen MR) is 82.7 cm³/mol. The average Bonchev–Trinajstić information content (AvgIpc) is 2.42. The summed E-state index contributed by atoms with van der Waals surface area (Å²) >= 11 is 11.6. The fraction of sp³-hybridized carbons (Fsp3) is 0.200. The van der Waals surface area contributed by atoms with E-state index in [4.69, 9.17) is 23.2 Å². The number of nitrogens with zero attached hydrogens (tertiary/aromatic N) is 1. The van der Waals surface area contributed by atoms with Crippen LogP contribution in [0.25, 0.3) is 0 Å². The molecule has 1 amide bonds. The highest BCUT2D eigenvalue weighted by Crippen LogP contribution is 2.22. The van der Waals surface area contributed by atoms with Crippen LogP contribution in [0, 0.1) is 0 Å². The zero-order valence-electron chi connectivity index (χ0n) is 11.2. The number of rotatable bonds is 3. The number of carbonyl (C=O) groups excluding carboxylic acids is 1. The fourth-order valence-electron chi connectivity index (χ4n) is 1.72. The molecule has 0 aliphatic rings. The Morgan fingerprint density at radius 3 is 2.65 bits per heavy atom. The van der Waals surface area contributed by atoms with Gasteiger partial charge in [-0.3, -0.25) is 4.79 Å². The van der Waals surface area contributed by atoms with E-state index in [1.807, 2.05) is 24.3 Å². The number of benzene rings is 1. The highest BCUT2D eigenvalue weighted by molar-refractivity contribution is 6.41. The average molecular weight is 309 g/mol. The number of hydrogen-bond acceptors (Lipinski definition) is 2. The molecule has 1 aromatic carbocycles. The van der Waals surface area contributed by atoms with E-state index in [1.165, 1.54) is 12.3 Å². The van der Waals surface area contributed by atoms with E-state index >= 15 is 0 Å². The molecule has 0 atom stereocenters. The molecular weight excluding hydrogens is 295 g/mol. The van der Waals surface area contributed by atoms with Crippen LogP contribution in [0.15, 0.2) is 36.5 Å². The monoisotopic (exact) mass is 308 g/mol. The summed E-state index contributed by atoms with van der Waals surface area (Å²) < 4.78 is 0. The van der Waals surface area contributed by atoms with Gasteiger partial charge in [-0.25, -0.2) is 4.98 Å². The summed E-state index contributed by atoms with van der Waals surface area (Å²) in [5.74, 6) is 0.135. The van der Waals surface area contributed by atoms with E-state index in [2.05, 4.69) is 24.1 Å². The molecule has 20 heavy (non-hydrogen) atoms.